The van der Waals surface area contributed by atoms with Crippen LogP contribution in [0.1, 0.15) is 29.5 Å². The molecule has 3 aromatic carbocycles. The summed E-state index contributed by atoms with van der Waals surface area (Å²) in [6.45, 7) is 1.99. The monoisotopic (exact) mass is 471 g/mol. The number of carbonyl (C=O) groups is 2. The van der Waals surface area contributed by atoms with Gasteiger partial charge >= 0.3 is 5.97 Å². The third kappa shape index (κ3) is 6.32. The minimum Gasteiger partial charge on any atom is -0.497 e. The number of ether oxygens (including phenoxy) is 2. The van der Waals surface area contributed by atoms with Gasteiger partial charge in [-0.25, -0.2) is 0 Å². The summed E-state index contributed by atoms with van der Waals surface area (Å²) >= 11 is 0. The maximum atomic E-state index is 13.0. The lowest BCUT2D eigenvalue weighted by Gasteiger charge is -2.18. The number of anilines is 1. The Morgan fingerprint density at radius 2 is 1.74 bits per heavy atom. The van der Waals surface area contributed by atoms with Gasteiger partial charge in [-0.2, -0.15) is 0 Å². The molecule has 0 aliphatic carbocycles. The molecular formula is C27H25N3O5. The van der Waals surface area contributed by atoms with Crippen molar-refractivity contribution in [2.24, 2.45) is 0 Å². The summed E-state index contributed by atoms with van der Waals surface area (Å²) in [6.07, 6.45) is -0.956. The third-order valence-corrected chi connectivity index (χ3v) is 5.24. The molecule has 35 heavy (non-hydrogen) atoms. The molecule has 1 amide bonds. The average Bonchev–Trinajstić information content (AvgIpc) is 3.36. The normalized spacial score (nSPS) is 11.5. The summed E-state index contributed by atoms with van der Waals surface area (Å²) in [5.74, 6) is 0.260. The second kappa shape index (κ2) is 11.1. The molecule has 1 heterocycles. The number of hydrogen-bond donors (Lipinski definition) is 1. The SMILES string of the molecule is COc1cccc(NC(=O)C(OC(=O)CCc2nnc(-c3ccc(C)cc3)o2)c2ccccc2)c1. The minimum absolute atomic E-state index is 0.0225. The zero-order chi connectivity index (χ0) is 24.6. The highest BCUT2D eigenvalue weighted by molar-refractivity contribution is 5.96. The number of aromatic nitrogens is 2. The van der Waals surface area contributed by atoms with Gasteiger partial charge < -0.3 is 19.2 Å². The van der Waals surface area contributed by atoms with E-state index in [0.29, 0.717) is 28.8 Å². The van der Waals surface area contributed by atoms with Crippen LogP contribution in [0, 0.1) is 6.92 Å². The zero-order valence-electron chi connectivity index (χ0n) is 19.4. The highest BCUT2D eigenvalue weighted by Crippen LogP contribution is 2.23. The standard InChI is InChI=1S/C27H25N3O5/c1-18-11-13-20(14-12-18)27-30-29-23(34-27)15-16-24(31)35-25(19-7-4-3-5-8-19)26(32)28-21-9-6-10-22(17-21)33-2/h3-14,17,25H,15-16H2,1-2H3,(H,28,32). The van der Waals surface area contributed by atoms with E-state index in [-0.39, 0.29) is 12.8 Å². The van der Waals surface area contributed by atoms with Gasteiger partial charge in [0.25, 0.3) is 5.91 Å². The molecule has 4 aromatic rings. The fourth-order valence-electron chi connectivity index (χ4n) is 3.38. The van der Waals surface area contributed by atoms with E-state index in [4.69, 9.17) is 13.9 Å². The van der Waals surface area contributed by atoms with Gasteiger partial charge in [0.05, 0.1) is 13.5 Å². The van der Waals surface area contributed by atoms with Crippen molar-refractivity contribution in [3.63, 3.8) is 0 Å². The predicted octanol–water partition coefficient (Wildman–Crippen LogP) is 4.91. The van der Waals surface area contributed by atoms with E-state index < -0.39 is 18.0 Å². The smallest absolute Gasteiger partial charge is 0.307 e. The van der Waals surface area contributed by atoms with Gasteiger partial charge in [-0.15, -0.1) is 10.2 Å². The highest BCUT2D eigenvalue weighted by atomic mass is 16.5. The molecule has 4 rings (SSSR count). The number of hydrogen-bond acceptors (Lipinski definition) is 7. The summed E-state index contributed by atoms with van der Waals surface area (Å²) in [4.78, 5) is 25.7. The van der Waals surface area contributed by atoms with Gasteiger partial charge in [-0.05, 0) is 31.2 Å². The van der Waals surface area contributed by atoms with Crippen LogP contribution in [0.2, 0.25) is 0 Å². The first-order chi connectivity index (χ1) is 17.0. The van der Waals surface area contributed by atoms with E-state index in [1.54, 1.807) is 55.6 Å². The number of amides is 1. The molecule has 0 aliphatic rings. The molecule has 0 saturated carbocycles. The molecule has 1 atom stereocenters. The van der Waals surface area contributed by atoms with Gasteiger partial charge in [-0.3, -0.25) is 9.59 Å². The van der Waals surface area contributed by atoms with Crippen LogP contribution in [0.25, 0.3) is 11.5 Å². The van der Waals surface area contributed by atoms with Crippen molar-refractivity contribution in [3.05, 3.63) is 95.9 Å². The van der Waals surface area contributed by atoms with E-state index in [2.05, 4.69) is 15.5 Å². The number of carbonyl (C=O) groups excluding carboxylic acids is 2. The quantitative estimate of drug-likeness (QED) is 0.346. The summed E-state index contributed by atoms with van der Waals surface area (Å²) in [5.41, 5.74) is 3.01. The Kier molecular flexibility index (Phi) is 7.52. The maximum absolute atomic E-state index is 13.0. The van der Waals surface area contributed by atoms with Gasteiger partial charge in [0, 0.05) is 29.3 Å². The molecule has 1 unspecified atom stereocenters. The van der Waals surface area contributed by atoms with Gasteiger partial charge in [-0.1, -0.05) is 54.1 Å². The lowest BCUT2D eigenvalue weighted by Crippen LogP contribution is -2.26. The third-order valence-electron chi connectivity index (χ3n) is 5.24. The number of nitrogens with zero attached hydrogens (tertiary/aromatic N) is 2. The van der Waals surface area contributed by atoms with Crippen LogP contribution >= 0.6 is 0 Å². The molecule has 0 aliphatic heterocycles. The van der Waals surface area contributed by atoms with Crippen LogP contribution in [0.4, 0.5) is 5.69 Å². The Balaban J connectivity index is 1.41. The molecule has 0 radical (unpaired) electrons. The van der Waals surface area contributed by atoms with E-state index in [0.717, 1.165) is 11.1 Å². The summed E-state index contributed by atoms with van der Waals surface area (Å²) in [6, 6.07) is 23.5. The first-order valence-electron chi connectivity index (χ1n) is 11.1. The Hall–Kier alpha value is -4.46. The number of aryl methyl sites for hydroxylation is 2. The molecule has 1 aromatic heterocycles. The number of benzene rings is 3. The first kappa shape index (κ1) is 23.7. The first-order valence-corrected chi connectivity index (χ1v) is 11.1. The van der Waals surface area contributed by atoms with Crippen LogP contribution in [0.15, 0.2) is 83.3 Å². The van der Waals surface area contributed by atoms with Crippen molar-refractivity contribution in [1.82, 2.24) is 10.2 Å². The topological polar surface area (TPSA) is 104 Å². The molecule has 0 saturated heterocycles. The van der Waals surface area contributed by atoms with Gasteiger partial charge in [0.15, 0.2) is 0 Å². The Labute approximate surface area is 202 Å². The van der Waals surface area contributed by atoms with Gasteiger partial charge in [0.2, 0.25) is 17.9 Å². The predicted molar refractivity (Wildman–Crippen MR) is 130 cm³/mol. The van der Waals surface area contributed by atoms with Crippen LogP contribution in [0.3, 0.4) is 0 Å². The van der Waals surface area contributed by atoms with Crippen LogP contribution < -0.4 is 10.1 Å². The number of methoxy groups -OCH3 is 1. The van der Waals surface area contributed by atoms with Crippen LogP contribution in [-0.4, -0.2) is 29.2 Å². The van der Waals surface area contributed by atoms with Gasteiger partial charge in [0.1, 0.15) is 5.75 Å². The fourth-order valence-corrected chi connectivity index (χ4v) is 3.38. The van der Waals surface area contributed by atoms with E-state index in [9.17, 15) is 9.59 Å². The Bertz CT molecular complexity index is 1290. The van der Waals surface area contributed by atoms with E-state index >= 15 is 0 Å². The average molecular weight is 472 g/mol. The number of nitrogens with one attached hydrogen (secondary N) is 1. The molecule has 178 valence electrons. The second-order valence-electron chi connectivity index (χ2n) is 7.87. The van der Waals surface area contributed by atoms with Crippen molar-refractivity contribution < 1.29 is 23.5 Å². The van der Waals surface area contributed by atoms with Crippen LogP contribution in [-0.2, 0) is 20.7 Å². The number of rotatable bonds is 9. The summed E-state index contributed by atoms with van der Waals surface area (Å²) in [7, 11) is 1.54. The van der Waals surface area contributed by atoms with Crippen molar-refractivity contribution in [3.8, 4) is 17.2 Å². The molecule has 0 spiro atoms. The maximum Gasteiger partial charge on any atom is 0.307 e. The lowest BCUT2D eigenvalue weighted by molar-refractivity contribution is -0.154. The molecule has 8 heteroatoms. The summed E-state index contributed by atoms with van der Waals surface area (Å²) < 4.78 is 16.5. The molecule has 1 N–H and O–H groups in total. The Morgan fingerprint density at radius 1 is 0.971 bits per heavy atom. The Morgan fingerprint density at radius 3 is 2.49 bits per heavy atom. The van der Waals surface area contributed by atoms with Crippen molar-refractivity contribution in [2.45, 2.75) is 25.9 Å². The fraction of sp³-hybridized carbons (Fsp3) is 0.185. The van der Waals surface area contributed by atoms with E-state index in [1.807, 2.05) is 37.3 Å². The summed E-state index contributed by atoms with van der Waals surface area (Å²) in [5, 5.41) is 10.8. The number of esters is 1. The minimum atomic E-state index is -1.12. The van der Waals surface area contributed by atoms with Crippen molar-refractivity contribution in [1.29, 1.82) is 0 Å². The largest absolute Gasteiger partial charge is 0.497 e. The van der Waals surface area contributed by atoms with Crippen molar-refractivity contribution in [2.75, 3.05) is 12.4 Å². The lowest BCUT2D eigenvalue weighted by atomic mass is 10.1. The second-order valence-corrected chi connectivity index (χ2v) is 7.87. The van der Waals surface area contributed by atoms with Crippen LogP contribution in [0.5, 0.6) is 5.75 Å². The molecular weight excluding hydrogens is 446 g/mol. The molecule has 8 nitrogen and oxygen atoms in total. The highest BCUT2D eigenvalue weighted by Gasteiger charge is 2.25. The zero-order valence-corrected chi connectivity index (χ0v) is 19.4. The van der Waals surface area contributed by atoms with Crippen molar-refractivity contribution >= 4 is 17.6 Å². The molecule has 0 bridgehead atoms. The van der Waals surface area contributed by atoms with E-state index in [1.165, 1.54) is 0 Å². The molecule has 0 fully saturated rings.